The predicted octanol–water partition coefficient (Wildman–Crippen LogP) is 2.28. The second-order valence-electron chi connectivity index (χ2n) is 6.77. The van der Waals surface area contributed by atoms with Gasteiger partial charge in [-0.25, -0.2) is 0 Å². The molecule has 1 unspecified atom stereocenters. The summed E-state index contributed by atoms with van der Waals surface area (Å²) in [5.74, 6) is 0. The Hall–Kier alpha value is -1.40. The summed E-state index contributed by atoms with van der Waals surface area (Å²) in [4.78, 5) is 0. The van der Waals surface area contributed by atoms with Gasteiger partial charge in [0.05, 0.1) is 0 Å². The third kappa shape index (κ3) is 4.77. The van der Waals surface area contributed by atoms with Crippen LogP contribution in [0.3, 0.4) is 0 Å². The standard InChI is InChI=1S/C18H15OSi.C4H9O.2H2O.Zr/c19-20(16-10-4-1-5-11-16,17-12-6-2-7-13-17)18-14-8-3-9-15-18;1-3-4(2)5;;;/h1-15H;4H,3H2,1-2H3;2*1H2;/q2*-1;;;+4/p-2. The molecule has 6 heteroatoms. The van der Waals surface area contributed by atoms with Crippen LogP contribution in [0.1, 0.15) is 20.3 Å². The summed E-state index contributed by atoms with van der Waals surface area (Å²) >= 11 is -5.27. The van der Waals surface area contributed by atoms with Gasteiger partial charge in [0, 0.05) is 0 Å². The summed E-state index contributed by atoms with van der Waals surface area (Å²) in [6, 6.07) is 29.5. The van der Waals surface area contributed by atoms with Crippen LogP contribution in [0.4, 0.5) is 0 Å². The van der Waals surface area contributed by atoms with Gasteiger partial charge in [0.1, 0.15) is 0 Å². The fourth-order valence-electron chi connectivity index (χ4n) is 3.26. The summed E-state index contributed by atoms with van der Waals surface area (Å²) in [5, 5.41) is 2.85. The Bertz CT molecular complexity index is 763. The van der Waals surface area contributed by atoms with Crippen molar-refractivity contribution in [3.63, 3.8) is 0 Å². The van der Waals surface area contributed by atoms with Crippen LogP contribution < -0.4 is 15.6 Å². The van der Waals surface area contributed by atoms with Gasteiger partial charge in [-0.15, -0.1) is 0 Å². The Morgan fingerprint density at radius 1 is 0.750 bits per heavy atom. The topological polar surface area (TPSA) is 58.9 Å². The summed E-state index contributed by atoms with van der Waals surface area (Å²) in [6.45, 7) is 3.78. The van der Waals surface area contributed by atoms with E-state index in [1.165, 1.54) is 0 Å². The van der Waals surface area contributed by atoms with Gasteiger partial charge in [-0.05, 0) is 0 Å². The minimum absolute atomic E-state index is 0.278. The molecule has 3 rings (SSSR count). The molecule has 0 heterocycles. The molecule has 0 fully saturated rings. The van der Waals surface area contributed by atoms with Gasteiger partial charge in [-0.2, -0.15) is 0 Å². The second-order valence-corrected chi connectivity index (χ2v) is 14.8. The fourth-order valence-corrected chi connectivity index (χ4v) is 14.7. The predicted molar refractivity (Wildman–Crippen MR) is 110 cm³/mol. The molecule has 0 amide bonds. The zero-order valence-corrected chi connectivity index (χ0v) is 19.6. The molecule has 28 heavy (non-hydrogen) atoms. The van der Waals surface area contributed by atoms with Gasteiger partial charge < -0.3 is 0 Å². The van der Waals surface area contributed by atoms with E-state index in [2.05, 4.69) is 0 Å². The number of benzene rings is 3. The maximum absolute atomic E-state index is 10.9. The average molecular weight is 474 g/mol. The molecule has 0 bridgehead atoms. The molecule has 2 N–H and O–H groups in total. The van der Waals surface area contributed by atoms with E-state index in [-0.39, 0.29) is 6.10 Å². The molecular formula is C22H26O4SiZr. The van der Waals surface area contributed by atoms with Crippen molar-refractivity contribution in [2.24, 2.45) is 0 Å². The molecule has 0 aromatic heterocycles. The Kier molecular flexibility index (Phi) is 7.15. The summed E-state index contributed by atoms with van der Waals surface area (Å²) in [7, 11) is -3.17. The Morgan fingerprint density at radius 3 is 1.43 bits per heavy atom. The first-order valence-electron chi connectivity index (χ1n) is 9.47. The number of rotatable bonds is 8. The Morgan fingerprint density at radius 2 is 1.11 bits per heavy atom. The van der Waals surface area contributed by atoms with E-state index in [1.807, 2.05) is 105 Å². The van der Waals surface area contributed by atoms with Crippen molar-refractivity contribution in [3.05, 3.63) is 91.0 Å². The summed E-state index contributed by atoms with van der Waals surface area (Å²) in [5.41, 5.74) is 0. The quantitative estimate of drug-likeness (QED) is 0.389. The van der Waals surface area contributed by atoms with Crippen molar-refractivity contribution in [1.82, 2.24) is 0 Å². The normalized spacial score (nSPS) is 13.3. The van der Waals surface area contributed by atoms with Gasteiger partial charge in [-0.1, -0.05) is 0 Å². The van der Waals surface area contributed by atoms with Crippen LogP contribution in [0.2, 0.25) is 0 Å². The first kappa shape index (κ1) is 21.3. The van der Waals surface area contributed by atoms with E-state index >= 15 is 0 Å². The number of hydrogen-bond acceptors (Lipinski definition) is 4. The molecule has 146 valence electrons. The molecule has 4 nitrogen and oxygen atoms in total. The van der Waals surface area contributed by atoms with E-state index in [9.17, 15) is 6.37 Å². The summed E-state index contributed by atoms with van der Waals surface area (Å²) in [6.07, 6.45) is 0.402. The average Bonchev–Trinajstić information content (AvgIpc) is 2.73. The van der Waals surface area contributed by atoms with Crippen LogP contribution in [0.5, 0.6) is 0 Å². The van der Waals surface area contributed by atoms with E-state index in [0.29, 0.717) is 6.42 Å². The molecular weight excluding hydrogens is 448 g/mol. The maximum atomic E-state index is 10.9. The second kappa shape index (κ2) is 9.40. The van der Waals surface area contributed by atoms with Gasteiger partial charge in [-0.3, -0.25) is 0 Å². The van der Waals surface area contributed by atoms with Crippen molar-refractivity contribution in [2.75, 3.05) is 0 Å². The first-order valence-corrected chi connectivity index (χ1v) is 15.6. The van der Waals surface area contributed by atoms with Gasteiger partial charge in [0.25, 0.3) is 0 Å². The van der Waals surface area contributed by atoms with Crippen molar-refractivity contribution in [2.45, 2.75) is 26.4 Å². The third-order valence-corrected chi connectivity index (χ3v) is 14.7. The summed E-state index contributed by atoms with van der Waals surface area (Å²) < 4.78 is 33.8. The van der Waals surface area contributed by atoms with Gasteiger partial charge in [0.15, 0.2) is 0 Å². The van der Waals surface area contributed by atoms with Crippen LogP contribution in [0, 0.1) is 0 Å². The number of hydrogen-bond donors (Lipinski definition) is 2. The van der Waals surface area contributed by atoms with E-state index in [0.717, 1.165) is 15.6 Å². The molecule has 0 aliphatic carbocycles. The van der Waals surface area contributed by atoms with Crippen molar-refractivity contribution >= 4 is 23.9 Å². The minimum atomic E-state index is -5.27. The van der Waals surface area contributed by atoms with Crippen LogP contribution in [-0.2, 0) is 27.3 Å². The molecule has 0 spiro atoms. The van der Waals surface area contributed by atoms with Crippen LogP contribution >= 0.6 is 0 Å². The van der Waals surface area contributed by atoms with E-state index < -0.39 is 30.3 Å². The van der Waals surface area contributed by atoms with Crippen molar-refractivity contribution < 1.29 is 33.7 Å². The zero-order chi connectivity index (χ0) is 20.0. The molecule has 0 aliphatic heterocycles. The molecule has 3 aromatic carbocycles. The molecule has 0 saturated heterocycles. The Labute approximate surface area is 174 Å². The van der Waals surface area contributed by atoms with Crippen LogP contribution in [-0.4, -0.2) is 20.8 Å². The van der Waals surface area contributed by atoms with Crippen LogP contribution in [0.25, 0.3) is 0 Å². The molecule has 0 saturated carbocycles. The van der Waals surface area contributed by atoms with E-state index in [1.54, 1.807) is 0 Å². The molecule has 1 atom stereocenters. The van der Waals surface area contributed by atoms with Crippen molar-refractivity contribution in [3.8, 4) is 0 Å². The zero-order valence-electron chi connectivity index (χ0n) is 16.2. The fraction of sp³-hybridized carbons (Fsp3) is 0.182. The molecule has 3 aromatic rings. The monoisotopic (exact) mass is 472 g/mol. The van der Waals surface area contributed by atoms with Gasteiger partial charge >= 0.3 is 175 Å². The van der Waals surface area contributed by atoms with Crippen molar-refractivity contribution in [1.29, 1.82) is 0 Å². The SMILES string of the molecule is CCC(C)[O][Zr]([OH])([OH])[O][Si](c1ccccc1)(c1ccccc1)c1ccccc1. The Balaban J connectivity index is 2.22. The molecule has 0 radical (unpaired) electrons. The first-order chi connectivity index (χ1) is 13.5. The van der Waals surface area contributed by atoms with Crippen LogP contribution in [0.15, 0.2) is 91.0 Å². The third-order valence-electron chi connectivity index (χ3n) is 4.76. The molecule has 0 aliphatic rings. The van der Waals surface area contributed by atoms with Gasteiger partial charge in [0.2, 0.25) is 0 Å². The van der Waals surface area contributed by atoms with E-state index in [4.69, 9.17) is 5.32 Å².